The molecule has 4 saturated heterocycles. The molecule has 4 rings (SSSR count). The number of carboxylic acid groups (broad SMARTS) is 3. The Hall–Kier alpha value is -4.13. The number of nitrogens with two attached hydrogens (primary N) is 1. The molecular formula is C31H56N6O12. The summed E-state index contributed by atoms with van der Waals surface area (Å²) in [5.74, 6) is -2.50. The summed E-state index contributed by atoms with van der Waals surface area (Å²) in [6.45, 7) is 6.95. The normalized spacial score (nSPS) is 22.2. The zero-order valence-electron chi connectivity index (χ0n) is 29.5. The molecule has 0 aromatic heterocycles. The average Bonchev–Trinajstić information content (AvgIpc) is 3.78. The third-order valence-electron chi connectivity index (χ3n) is 7.40. The van der Waals surface area contributed by atoms with Crippen molar-refractivity contribution in [2.75, 3.05) is 88.2 Å². The van der Waals surface area contributed by atoms with Crippen molar-refractivity contribution in [3.8, 4) is 0 Å². The maximum atomic E-state index is 10.8. The Balaban J connectivity index is 0. The van der Waals surface area contributed by atoms with Crippen LogP contribution in [0.5, 0.6) is 0 Å². The minimum Gasteiger partial charge on any atom is -0.481 e. The number of aliphatic carboxylic acids is 3. The van der Waals surface area contributed by atoms with Crippen LogP contribution in [0.3, 0.4) is 0 Å². The second kappa shape index (κ2) is 24.9. The molecule has 18 heteroatoms. The lowest BCUT2D eigenvalue weighted by atomic mass is 10.1. The maximum absolute atomic E-state index is 10.8. The summed E-state index contributed by atoms with van der Waals surface area (Å²) in [5, 5.41) is 44.6. The number of hydrogen-bond donors (Lipinski definition) is 7. The summed E-state index contributed by atoms with van der Waals surface area (Å²) in [7, 11) is 10.7. The van der Waals surface area contributed by atoms with E-state index in [1.54, 1.807) is 30.9 Å². The lowest BCUT2D eigenvalue weighted by Gasteiger charge is -2.13. The number of aliphatic hydroxyl groups is 2. The number of carboxylic acids is 3. The van der Waals surface area contributed by atoms with E-state index in [0.29, 0.717) is 31.7 Å². The molecule has 0 spiro atoms. The predicted octanol–water partition coefficient (Wildman–Crippen LogP) is -2.18. The Morgan fingerprint density at radius 3 is 1.39 bits per heavy atom. The fourth-order valence-electron chi connectivity index (χ4n) is 4.75. The van der Waals surface area contributed by atoms with Crippen LogP contribution in [0, 0.1) is 23.7 Å². The first kappa shape index (κ1) is 47.0. The lowest BCUT2D eigenvalue weighted by Crippen LogP contribution is -2.23. The SMILES string of the molecule is C=C(CC(=O)O)C(=O)O.CN.CN(C)CC1CNC(=O)C1.CN1CC(C(=O)O)CC1=O.CN1CC(CO)CC1=O.CN1CC(CO)CC1=O. The van der Waals surface area contributed by atoms with Crippen LogP contribution in [0.1, 0.15) is 32.1 Å². The minimum absolute atomic E-state index is 0.0765. The molecule has 0 aliphatic carbocycles. The third kappa shape index (κ3) is 20.8. The fraction of sp³-hybridized carbons (Fsp3) is 0.710. The van der Waals surface area contributed by atoms with Crippen LogP contribution < -0.4 is 11.1 Å². The first-order chi connectivity index (χ1) is 22.8. The van der Waals surface area contributed by atoms with Gasteiger partial charge in [0.25, 0.3) is 0 Å². The van der Waals surface area contributed by atoms with E-state index >= 15 is 0 Å². The van der Waals surface area contributed by atoms with Gasteiger partial charge in [-0.2, -0.15) is 0 Å². The van der Waals surface area contributed by atoms with Gasteiger partial charge in [-0.25, -0.2) is 4.79 Å². The van der Waals surface area contributed by atoms with Gasteiger partial charge in [0.1, 0.15) is 0 Å². The molecule has 4 amide bonds. The number of likely N-dealkylation sites (tertiary alicyclic amines) is 3. The van der Waals surface area contributed by atoms with Crippen LogP contribution in [-0.4, -0.2) is 175 Å². The molecule has 0 radical (unpaired) electrons. The van der Waals surface area contributed by atoms with Crippen molar-refractivity contribution in [3.63, 3.8) is 0 Å². The molecule has 0 saturated carbocycles. The van der Waals surface area contributed by atoms with Crippen molar-refractivity contribution in [1.82, 2.24) is 24.9 Å². The van der Waals surface area contributed by atoms with Gasteiger partial charge in [0.2, 0.25) is 23.6 Å². The third-order valence-corrected chi connectivity index (χ3v) is 7.40. The van der Waals surface area contributed by atoms with Crippen molar-refractivity contribution >= 4 is 41.5 Å². The van der Waals surface area contributed by atoms with Crippen molar-refractivity contribution in [1.29, 1.82) is 0 Å². The zero-order chi connectivity index (χ0) is 38.4. The van der Waals surface area contributed by atoms with E-state index in [1.807, 2.05) is 14.1 Å². The fourth-order valence-corrected chi connectivity index (χ4v) is 4.75. The van der Waals surface area contributed by atoms with Crippen molar-refractivity contribution in [2.45, 2.75) is 32.1 Å². The second-order valence-corrected chi connectivity index (χ2v) is 12.2. The number of aliphatic hydroxyl groups excluding tert-OH is 2. The molecule has 0 bridgehead atoms. The molecule has 282 valence electrons. The van der Waals surface area contributed by atoms with E-state index in [2.05, 4.69) is 22.5 Å². The Bertz CT molecular complexity index is 1090. The molecule has 0 aromatic carbocycles. The molecule has 4 atom stereocenters. The molecule has 8 N–H and O–H groups in total. The highest BCUT2D eigenvalue weighted by Gasteiger charge is 2.31. The smallest absolute Gasteiger partial charge is 0.331 e. The summed E-state index contributed by atoms with van der Waals surface area (Å²) in [6, 6.07) is 0. The van der Waals surface area contributed by atoms with Gasteiger partial charge in [-0.05, 0) is 27.1 Å². The molecule has 4 unspecified atom stereocenters. The largest absolute Gasteiger partial charge is 0.481 e. The van der Waals surface area contributed by atoms with Crippen molar-refractivity contribution < 1.29 is 59.1 Å². The van der Waals surface area contributed by atoms with Crippen LogP contribution >= 0.6 is 0 Å². The maximum Gasteiger partial charge on any atom is 0.331 e. The summed E-state index contributed by atoms with van der Waals surface area (Å²) < 4.78 is 0. The quantitative estimate of drug-likeness (QED) is 0.133. The van der Waals surface area contributed by atoms with Gasteiger partial charge in [0, 0.05) is 110 Å². The molecule has 4 fully saturated rings. The van der Waals surface area contributed by atoms with Crippen LogP contribution in [0.25, 0.3) is 0 Å². The predicted molar refractivity (Wildman–Crippen MR) is 178 cm³/mol. The number of amides is 4. The van der Waals surface area contributed by atoms with Gasteiger partial charge in [-0.3, -0.25) is 28.8 Å². The van der Waals surface area contributed by atoms with Crippen molar-refractivity contribution in [2.24, 2.45) is 29.4 Å². The van der Waals surface area contributed by atoms with Crippen LogP contribution in [0.2, 0.25) is 0 Å². The Morgan fingerprint density at radius 1 is 0.776 bits per heavy atom. The van der Waals surface area contributed by atoms with Gasteiger partial charge in [0.15, 0.2) is 0 Å². The highest BCUT2D eigenvalue weighted by molar-refractivity contribution is 5.91. The summed E-state index contributed by atoms with van der Waals surface area (Å²) in [5.41, 5.74) is 4.20. The number of carbonyl (C=O) groups excluding carboxylic acids is 4. The van der Waals surface area contributed by atoms with Crippen LogP contribution in [0.4, 0.5) is 0 Å². The van der Waals surface area contributed by atoms with E-state index in [-0.39, 0.29) is 60.7 Å². The molecule has 18 nitrogen and oxygen atoms in total. The number of hydrogen-bond acceptors (Lipinski definition) is 11. The minimum atomic E-state index is -1.27. The Kier molecular flexibility index (Phi) is 23.9. The monoisotopic (exact) mass is 704 g/mol. The molecule has 4 heterocycles. The molecule has 4 aliphatic heterocycles. The van der Waals surface area contributed by atoms with Gasteiger partial charge in [0.05, 0.1) is 12.3 Å². The topological polar surface area (TPSA) is 272 Å². The van der Waals surface area contributed by atoms with Crippen molar-refractivity contribution in [3.05, 3.63) is 12.2 Å². The first-order valence-corrected chi connectivity index (χ1v) is 15.6. The van der Waals surface area contributed by atoms with Gasteiger partial charge < -0.3 is 56.2 Å². The summed E-state index contributed by atoms with van der Waals surface area (Å²) in [6.07, 6.45) is 1.40. The second-order valence-electron chi connectivity index (χ2n) is 12.2. The zero-order valence-corrected chi connectivity index (χ0v) is 29.5. The molecule has 4 aliphatic rings. The first-order valence-electron chi connectivity index (χ1n) is 15.6. The van der Waals surface area contributed by atoms with E-state index in [1.165, 1.54) is 11.9 Å². The molecular weight excluding hydrogens is 648 g/mol. The Labute approximate surface area is 287 Å². The number of nitrogens with zero attached hydrogens (tertiary/aromatic N) is 4. The highest BCUT2D eigenvalue weighted by Crippen LogP contribution is 2.16. The molecule has 0 aromatic rings. The van der Waals surface area contributed by atoms with Crippen LogP contribution in [0.15, 0.2) is 12.2 Å². The highest BCUT2D eigenvalue weighted by atomic mass is 16.4. The number of rotatable bonds is 8. The summed E-state index contributed by atoms with van der Waals surface area (Å²) in [4.78, 5) is 79.8. The van der Waals surface area contributed by atoms with Crippen LogP contribution in [-0.2, 0) is 33.6 Å². The number of carbonyl (C=O) groups is 7. The van der Waals surface area contributed by atoms with E-state index in [9.17, 15) is 33.6 Å². The van der Waals surface area contributed by atoms with Gasteiger partial charge in [-0.1, -0.05) is 6.58 Å². The van der Waals surface area contributed by atoms with E-state index in [4.69, 9.17) is 25.5 Å². The number of nitrogens with one attached hydrogen (secondary N) is 1. The Morgan fingerprint density at radius 2 is 1.20 bits per heavy atom. The lowest BCUT2D eigenvalue weighted by molar-refractivity contribution is -0.141. The average molecular weight is 705 g/mol. The van der Waals surface area contributed by atoms with Gasteiger partial charge >= 0.3 is 17.9 Å². The van der Waals surface area contributed by atoms with E-state index in [0.717, 1.165) is 26.2 Å². The van der Waals surface area contributed by atoms with E-state index < -0.39 is 30.2 Å². The molecule has 49 heavy (non-hydrogen) atoms. The van der Waals surface area contributed by atoms with Gasteiger partial charge in [-0.15, -0.1) is 0 Å². The summed E-state index contributed by atoms with van der Waals surface area (Å²) >= 11 is 0. The standard InChI is InChI=1S/C7H14N2O.C6H9NO3.2C6H11NO2.C5H6O4.CH5N/c1-9(2)5-6-3-7(10)8-4-6;1-7-3-4(6(9)10)2-5(7)8;2*1-7-3-5(4-8)2-6(7)9;1-3(5(8)9)2-4(6)7;1-2/h6H,3-5H2,1-2H3,(H,8,10);4H,2-3H2,1H3,(H,9,10);2*5,8H,2-4H2,1H3;1-2H2,(H,6,7)(H,8,9);2H2,1H3.